The molecule has 0 aliphatic rings. The highest BCUT2D eigenvalue weighted by Crippen LogP contribution is 2.33. The molecule has 0 unspecified atom stereocenters. The number of carbonyl (C=O) groups excluding carboxylic acids is 2. The van der Waals surface area contributed by atoms with Gasteiger partial charge >= 0.3 is 0 Å². The molecule has 0 heterocycles. The Kier molecular flexibility index (Phi) is 10.8. The van der Waals surface area contributed by atoms with Gasteiger partial charge in [-0.25, -0.2) is 8.42 Å². The third-order valence-electron chi connectivity index (χ3n) is 6.80. The van der Waals surface area contributed by atoms with Crippen molar-refractivity contribution in [3.63, 3.8) is 0 Å². The van der Waals surface area contributed by atoms with E-state index in [0.717, 1.165) is 9.87 Å². The third kappa shape index (κ3) is 7.94. The number of sulfonamides is 1. The minimum Gasteiger partial charge on any atom is -0.492 e. The van der Waals surface area contributed by atoms with Gasteiger partial charge in [0.05, 0.1) is 17.2 Å². The molecule has 8 nitrogen and oxygen atoms in total. The summed E-state index contributed by atoms with van der Waals surface area (Å²) in [6.45, 7) is 1.53. The number of likely N-dealkylation sites (N-methyl/N-ethyl adjacent to an activating group) is 1. The van der Waals surface area contributed by atoms with E-state index in [2.05, 4.69) is 5.32 Å². The monoisotopic (exact) mass is 619 g/mol. The van der Waals surface area contributed by atoms with E-state index in [1.807, 2.05) is 30.3 Å². The molecule has 0 aromatic heterocycles. The highest BCUT2D eigenvalue weighted by molar-refractivity contribution is 7.92. The van der Waals surface area contributed by atoms with Crippen LogP contribution in [0.5, 0.6) is 5.75 Å². The number of anilines is 1. The SMILES string of the molecule is CCOc1ccccc1N(CC(=O)N(Cc1cccc(Cl)c1)[C@H](Cc1ccccc1)C(=O)NC)S(=O)(=O)c1ccccc1. The van der Waals surface area contributed by atoms with Gasteiger partial charge in [0, 0.05) is 25.0 Å². The van der Waals surface area contributed by atoms with Crippen molar-refractivity contribution in [2.24, 2.45) is 0 Å². The van der Waals surface area contributed by atoms with Crippen LogP contribution >= 0.6 is 11.6 Å². The van der Waals surface area contributed by atoms with Crippen LogP contribution in [-0.2, 0) is 32.6 Å². The molecule has 4 aromatic rings. The maximum Gasteiger partial charge on any atom is 0.264 e. The summed E-state index contributed by atoms with van der Waals surface area (Å²) in [6.07, 6.45) is 0.216. The van der Waals surface area contributed by atoms with E-state index in [0.29, 0.717) is 22.9 Å². The molecule has 0 saturated heterocycles. The van der Waals surface area contributed by atoms with Crippen molar-refractivity contribution >= 4 is 39.1 Å². The molecule has 0 spiro atoms. The second-order valence-electron chi connectivity index (χ2n) is 9.70. The standard InChI is InChI=1S/C33H34ClN3O5S/c1-3-42-31-20-11-10-19-29(31)37(43(40,41)28-17-8-5-9-18-28)24-32(38)36(23-26-15-12-16-27(34)21-26)30(33(39)35-2)22-25-13-6-4-7-14-25/h4-21,30H,3,22-24H2,1-2H3,(H,35,39)/t30-/m1/s1. The topological polar surface area (TPSA) is 96.0 Å². The van der Waals surface area contributed by atoms with Gasteiger partial charge in [0.2, 0.25) is 11.8 Å². The Balaban J connectivity index is 1.82. The number of para-hydroxylation sites is 2. The molecular formula is C33H34ClN3O5S. The van der Waals surface area contributed by atoms with E-state index in [1.54, 1.807) is 73.7 Å². The predicted molar refractivity (Wildman–Crippen MR) is 169 cm³/mol. The number of rotatable bonds is 13. The molecule has 4 aromatic carbocycles. The van der Waals surface area contributed by atoms with E-state index in [1.165, 1.54) is 24.1 Å². The zero-order valence-corrected chi connectivity index (χ0v) is 25.6. The average molecular weight is 620 g/mol. The molecule has 0 aliphatic heterocycles. The zero-order valence-electron chi connectivity index (χ0n) is 24.0. The quantitative estimate of drug-likeness (QED) is 0.219. The number of hydrogen-bond donors (Lipinski definition) is 1. The summed E-state index contributed by atoms with van der Waals surface area (Å²) in [5.41, 5.74) is 1.74. The molecule has 2 amide bonds. The Hall–Kier alpha value is -4.34. The first-order valence-electron chi connectivity index (χ1n) is 13.8. The minimum absolute atomic E-state index is 0.0163. The number of nitrogens with one attached hydrogen (secondary N) is 1. The van der Waals surface area contributed by atoms with E-state index in [4.69, 9.17) is 16.3 Å². The van der Waals surface area contributed by atoms with Gasteiger partial charge in [-0.05, 0) is 54.4 Å². The molecule has 224 valence electrons. The number of carbonyl (C=O) groups is 2. The third-order valence-corrected chi connectivity index (χ3v) is 8.81. The van der Waals surface area contributed by atoms with Crippen LogP contribution in [0.15, 0.2) is 114 Å². The summed E-state index contributed by atoms with van der Waals surface area (Å²) < 4.78 is 35.0. The lowest BCUT2D eigenvalue weighted by Crippen LogP contribution is -2.53. The Bertz CT molecular complexity index is 1630. The van der Waals surface area contributed by atoms with E-state index >= 15 is 0 Å². The summed E-state index contributed by atoms with van der Waals surface area (Å²) in [6, 6.07) is 30.0. The summed E-state index contributed by atoms with van der Waals surface area (Å²) in [4.78, 5) is 29.2. The predicted octanol–water partition coefficient (Wildman–Crippen LogP) is 5.32. The van der Waals surface area contributed by atoms with Gasteiger partial charge in [-0.15, -0.1) is 0 Å². The summed E-state index contributed by atoms with van der Waals surface area (Å²) >= 11 is 6.26. The lowest BCUT2D eigenvalue weighted by Gasteiger charge is -2.34. The molecule has 0 radical (unpaired) electrons. The Morgan fingerprint density at radius 3 is 2.14 bits per heavy atom. The van der Waals surface area contributed by atoms with Crippen molar-refractivity contribution in [1.82, 2.24) is 10.2 Å². The van der Waals surface area contributed by atoms with Crippen molar-refractivity contribution in [2.75, 3.05) is 24.5 Å². The molecule has 0 saturated carbocycles. The van der Waals surface area contributed by atoms with Crippen molar-refractivity contribution < 1.29 is 22.7 Å². The van der Waals surface area contributed by atoms with E-state index in [-0.39, 0.29) is 29.5 Å². The molecule has 4 rings (SSSR count). The summed E-state index contributed by atoms with van der Waals surface area (Å²) in [5, 5.41) is 3.15. The minimum atomic E-state index is -4.23. The molecule has 0 fully saturated rings. The van der Waals surface area contributed by atoms with Crippen LogP contribution in [0, 0.1) is 0 Å². The number of nitrogens with zero attached hydrogens (tertiary/aromatic N) is 2. The molecule has 10 heteroatoms. The second-order valence-corrected chi connectivity index (χ2v) is 12.0. The average Bonchev–Trinajstić information content (AvgIpc) is 3.02. The van der Waals surface area contributed by atoms with Crippen molar-refractivity contribution in [2.45, 2.75) is 30.8 Å². The first kappa shape index (κ1) is 31.6. The Labute approximate surface area is 257 Å². The van der Waals surface area contributed by atoms with Gasteiger partial charge in [0.15, 0.2) is 0 Å². The second kappa shape index (κ2) is 14.7. The summed E-state index contributed by atoms with van der Waals surface area (Å²) in [5.74, 6) is -0.646. The maximum atomic E-state index is 14.4. The van der Waals surface area contributed by atoms with Crippen LogP contribution in [-0.4, -0.2) is 51.4 Å². The van der Waals surface area contributed by atoms with Gasteiger partial charge in [-0.1, -0.05) is 84.4 Å². The maximum absolute atomic E-state index is 14.4. The van der Waals surface area contributed by atoms with Gasteiger partial charge in [-0.2, -0.15) is 0 Å². The molecule has 1 atom stereocenters. The first-order valence-corrected chi connectivity index (χ1v) is 15.7. The fraction of sp³-hybridized carbons (Fsp3) is 0.212. The van der Waals surface area contributed by atoms with E-state index in [9.17, 15) is 18.0 Å². The number of ether oxygens (including phenoxy) is 1. The Morgan fingerprint density at radius 2 is 1.49 bits per heavy atom. The van der Waals surface area contributed by atoms with Gasteiger partial charge in [-0.3, -0.25) is 13.9 Å². The largest absolute Gasteiger partial charge is 0.492 e. The molecule has 0 aliphatic carbocycles. The van der Waals surface area contributed by atoms with Crippen LogP contribution in [0.2, 0.25) is 5.02 Å². The fourth-order valence-electron chi connectivity index (χ4n) is 4.73. The van der Waals surface area contributed by atoms with Gasteiger partial charge < -0.3 is 15.0 Å². The van der Waals surface area contributed by atoms with Crippen molar-refractivity contribution in [1.29, 1.82) is 0 Å². The highest BCUT2D eigenvalue weighted by Gasteiger charge is 2.35. The van der Waals surface area contributed by atoms with Crippen molar-refractivity contribution in [3.05, 3.63) is 125 Å². The van der Waals surface area contributed by atoms with Crippen molar-refractivity contribution in [3.8, 4) is 5.75 Å². The van der Waals surface area contributed by atoms with Crippen LogP contribution in [0.25, 0.3) is 0 Å². The summed E-state index contributed by atoms with van der Waals surface area (Å²) in [7, 11) is -2.72. The number of hydrogen-bond acceptors (Lipinski definition) is 5. The van der Waals surface area contributed by atoms with Crippen LogP contribution in [0.1, 0.15) is 18.1 Å². The number of amides is 2. The van der Waals surface area contributed by atoms with Gasteiger partial charge in [0.25, 0.3) is 10.0 Å². The lowest BCUT2D eigenvalue weighted by atomic mass is 10.0. The van der Waals surface area contributed by atoms with Crippen LogP contribution in [0.3, 0.4) is 0 Å². The molecular weight excluding hydrogens is 586 g/mol. The van der Waals surface area contributed by atoms with E-state index < -0.39 is 28.5 Å². The highest BCUT2D eigenvalue weighted by atomic mass is 35.5. The van der Waals surface area contributed by atoms with Crippen LogP contribution in [0.4, 0.5) is 5.69 Å². The molecule has 0 bridgehead atoms. The smallest absolute Gasteiger partial charge is 0.264 e. The molecule has 1 N–H and O–H groups in total. The van der Waals surface area contributed by atoms with Crippen LogP contribution < -0.4 is 14.4 Å². The number of halogens is 1. The van der Waals surface area contributed by atoms with Gasteiger partial charge in [0.1, 0.15) is 18.3 Å². The normalized spacial score (nSPS) is 11.8. The lowest BCUT2D eigenvalue weighted by molar-refractivity contribution is -0.139. The number of benzene rings is 4. The Morgan fingerprint density at radius 1 is 0.860 bits per heavy atom. The molecule has 43 heavy (non-hydrogen) atoms. The fourth-order valence-corrected chi connectivity index (χ4v) is 6.38. The first-order chi connectivity index (χ1) is 20.7. The zero-order chi connectivity index (χ0) is 30.8.